The van der Waals surface area contributed by atoms with Crippen molar-refractivity contribution < 1.29 is 9.72 Å². The van der Waals surface area contributed by atoms with E-state index in [1.165, 1.54) is 30.7 Å². The van der Waals surface area contributed by atoms with Crippen LogP contribution in [0, 0.1) is 17.0 Å². The number of fused-ring (bicyclic) bond motifs is 1. The van der Waals surface area contributed by atoms with E-state index < -0.39 is 4.92 Å². The van der Waals surface area contributed by atoms with Gasteiger partial charge in [0.15, 0.2) is 5.82 Å². The zero-order valence-corrected chi connectivity index (χ0v) is 16.1. The molecule has 8 heteroatoms. The van der Waals surface area contributed by atoms with E-state index in [1.807, 2.05) is 25.1 Å². The molecular formula is C21H21N5O3. The first-order valence-electron chi connectivity index (χ1n) is 9.62. The number of amides is 1. The van der Waals surface area contributed by atoms with Crippen LogP contribution in [-0.2, 0) is 13.0 Å². The number of carbonyl (C=O) groups is 1. The van der Waals surface area contributed by atoms with Crippen molar-refractivity contribution in [3.63, 3.8) is 0 Å². The number of benzene rings is 2. The zero-order valence-electron chi connectivity index (χ0n) is 16.1. The van der Waals surface area contributed by atoms with Gasteiger partial charge in [-0.05, 0) is 43.5 Å². The number of nitrogens with one attached hydrogen (secondary N) is 1. The van der Waals surface area contributed by atoms with Gasteiger partial charge in [0.25, 0.3) is 11.6 Å². The molecular weight excluding hydrogens is 370 g/mol. The van der Waals surface area contributed by atoms with E-state index in [4.69, 9.17) is 0 Å². The molecule has 3 aromatic rings. The summed E-state index contributed by atoms with van der Waals surface area (Å²) in [6.45, 7) is 2.82. The van der Waals surface area contributed by atoms with Crippen LogP contribution in [0.2, 0.25) is 0 Å². The highest BCUT2D eigenvalue weighted by atomic mass is 16.6. The molecule has 1 N–H and O–H groups in total. The minimum atomic E-state index is -0.489. The van der Waals surface area contributed by atoms with Crippen molar-refractivity contribution in [2.75, 3.05) is 5.32 Å². The lowest BCUT2D eigenvalue weighted by Gasteiger charge is -2.12. The summed E-state index contributed by atoms with van der Waals surface area (Å²) in [6.07, 6.45) is 4.35. The third-order valence-corrected chi connectivity index (χ3v) is 5.19. The Morgan fingerprint density at radius 2 is 1.90 bits per heavy atom. The fraction of sp³-hybridized carbons (Fsp3) is 0.286. The molecule has 1 aliphatic rings. The van der Waals surface area contributed by atoms with Crippen molar-refractivity contribution in [2.24, 2.45) is 0 Å². The molecule has 1 amide bonds. The number of aromatic nitrogens is 3. The summed E-state index contributed by atoms with van der Waals surface area (Å²) in [5.41, 5.74) is 2.80. The van der Waals surface area contributed by atoms with E-state index in [2.05, 4.69) is 20.1 Å². The van der Waals surface area contributed by atoms with Crippen LogP contribution in [0.15, 0.2) is 42.5 Å². The summed E-state index contributed by atoms with van der Waals surface area (Å²) in [4.78, 5) is 22.9. The Labute approximate surface area is 167 Å². The lowest BCUT2D eigenvalue weighted by molar-refractivity contribution is -0.384. The van der Waals surface area contributed by atoms with Gasteiger partial charge in [-0.1, -0.05) is 18.6 Å². The minimum absolute atomic E-state index is 0.0489. The molecule has 29 heavy (non-hydrogen) atoms. The quantitative estimate of drug-likeness (QED) is 0.532. The fourth-order valence-corrected chi connectivity index (χ4v) is 3.52. The first-order chi connectivity index (χ1) is 14.0. The summed E-state index contributed by atoms with van der Waals surface area (Å²) < 4.78 is 2.17. The molecule has 1 aliphatic heterocycles. The highest BCUT2D eigenvalue weighted by molar-refractivity contribution is 6.05. The lowest BCUT2D eigenvalue weighted by atomic mass is 10.1. The molecule has 0 aliphatic carbocycles. The SMILES string of the molecule is Cc1ccc(-c2nnc3n2CCCCC3)cc1NC(=O)c1ccc([N+](=O)[O-])cc1. The number of non-ortho nitro benzene ring substituents is 1. The molecule has 8 nitrogen and oxygen atoms in total. The van der Waals surface area contributed by atoms with Gasteiger partial charge in [-0.15, -0.1) is 10.2 Å². The highest BCUT2D eigenvalue weighted by Gasteiger charge is 2.17. The van der Waals surface area contributed by atoms with Crippen LogP contribution in [0.25, 0.3) is 11.4 Å². The normalized spacial score (nSPS) is 13.4. The molecule has 0 saturated carbocycles. The van der Waals surface area contributed by atoms with Crippen LogP contribution in [0.5, 0.6) is 0 Å². The smallest absolute Gasteiger partial charge is 0.269 e. The first kappa shape index (κ1) is 18.8. The molecule has 0 saturated heterocycles. The maximum absolute atomic E-state index is 12.6. The van der Waals surface area contributed by atoms with Crippen molar-refractivity contribution in [3.8, 4) is 11.4 Å². The predicted octanol–water partition coefficient (Wildman–Crippen LogP) is 4.14. The van der Waals surface area contributed by atoms with Crippen LogP contribution in [0.4, 0.5) is 11.4 Å². The average molecular weight is 391 g/mol. The number of anilines is 1. The van der Waals surface area contributed by atoms with Crippen LogP contribution >= 0.6 is 0 Å². The number of nitrogens with zero attached hydrogens (tertiary/aromatic N) is 4. The van der Waals surface area contributed by atoms with E-state index >= 15 is 0 Å². The van der Waals surface area contributed by atoms with Crippen molar-refractivity contribution in [2.45, 2.75) is 39.2 Å². The van der Waals surface area contributed by atoms with Gasteiger partial charge in [-0.3, -0.25) is 14.9 Å². The number of rotatable bonds is 4. The molecule has 1 aromatic heterocycles. The Morgan fingerprint density at radius 3 is 2.66 bits per heavy atom. The van der Waals surface area contributed by atoms with Crippen LogP contribution in [0.1, 0.15) is 41.0 Å². The number of nitro groups is 1. The van der Waals surface area contributed by atoms with Gasteiger partial charge in [0.1, 0.15) is 5.82 Å². The van der Waals surface area contributed by atoms with Crippen LogP contribution < -0.4 is 5.32 Å². The van der Waals surface area contributed by atoms with Gasteiger partial charge in [-0.25, -0.2) is 0 Å². The standard InChI is InChI=1S/C21H21N5O3/c1-14-6-7-16(20-24-23-19-5-3-2-4-12-25(19)20)13-18(14)22-21(27)15-8-10-17(11-9-15)26(28)29/h6-11,13H,2-5,12H2,1H3,(H,22,27). The Kier molecular flexibility index (Phi) is 5.07. The fourth-order valence-electron chi connectivity index (χ4n) is 3.52. The van der Waals surface area contributed by atoms with E-state index in [1.54, 1.807) is 0 Å². The molecule has 0 spiro atoms. The largest absolute Gasteiger partial charge is 0.322 e. The molecule has 0 bridgehead atoms. The second-order valence-corrected chi connectivity index (χ2v) is 7.19. The lowest BCUT2D eigenvalue weighted by Crippen LogP contribution is -2.13. The Balaban J connectivity index is 1.60. The molecule has 0 radical (unpaired) electrons. The maximum atomic E-state index is 12.6. The number of aryl methyl sites for hydroxylation is 2. The predicted molar refractivity (Wildman–Crippen MR) is 109 cm³/mol. The number of carbonyl (C=O) groups excluding carboxylic acids is 1. The third kappa shape index (κ3) is 3.87. The summed E-state index contributed by atoms with van der Waals surface area (Å²) in [7, 11) is 0. The number of nitro benzene ring substituents is 1. The molecule has 0 unspecified atom stereocenters. The van der Waals surface area contributed by atoms with Crippen LogP contribution in [0.3, 0.4) is 0 Å². The van der Waals surface area contributed by atoms with Crippen molar-refractivity contribution in [1.82, 2.24) is 14.8 Å². The van der Waals surface area contributed by atoms with Gasteiger partial charge >= 0.3 is 0 Å². The van der Waals surface area contributed by atoms with Gasteiger partial charge in [0, 0.05) is 41.9 Å². The summed E-state index contributed by atoms with van der Waals surface area (Å²) in [5, 5.41) is 22.4. The first-order valence-corrected chi connectivity index (χ1v) is 9.62. The molecule has 2 aromatic carbocycles. The van der Waals surface area contributed by atoms with Crippen molar-refractivity contribution in [1.29, 1.82) is 0 Å². The van der Waals surface area contributed by atoms with E-state index in [0.29, 0.717) is 11.3 Å². The van der Waals surface area contributed by atoms with Gasteiger partial charge in [0.05, 0.1) is 4.92 Å². The van der Waals surface area contributed by atoms with E-state index in [-0.39, 0.29) is 11.6 Å². The summed E-state index contributed by atoms with van der Waals surface area (Å²) in [6, 6.07) is 11.4. The zero-order chi connectivity index (χ0) is 20.4. The minimum Gasteiger partial charge on any atom is -0.322 e. The van der Waals surface area contributed by atoms with Crippen molar-refractivity contribution >= 4 is 17.3 Å². The van der Waals surface area contributed by atoms with E-state index in [9.17, 15) is 14.9 Å². The summed E-state index contributed by atoms with van der Waals surface area (Å²) in [5.74, 6) is 1.50. The number of hydrogen-bond acceptors (Lipinski definition) is 5. The second kappa shape index (κ2) is 7.83. The summed E-state index contributed by atoms with van der Waals surface area (Å²) >= 11 is 0. The Bertz CT molecular complexity index is 1070. The molecule has 0 atom stereocenters. The number of hydrogen-bond donors (Lipinski definition) is 1. The molecule has 148 valence electrons. The Hall–Kier alpha value is -3.55. The topological polar surface area (TPSA) is 103 Å². The molecule has 2 heterocycles. The van der Waals surface area contributed by atoms with E-state index in [0.717, 1.165) is 48.6 Å². The highest BCUT2D eigenvalue weighted by Crippen LogP contribution is 2.27. The third-order valence-electron chi connectivity index (χ3n) is 5.19. The Morgan fingerprint density at radius 1 is 1.10 bits per heavy atom. The van der Waals surface area contributed by atoms with Crippen molar-refractivity contribution in [3.05, 3.63) is 69.5 Å². The molecule has 4 rings (SSSR count). The maximum Gasteiger partial charge on any atom is 0.269 e. The van der Waals surface area contributed by atoms with Gasteiger partial charge in [-0.2, -0.15) is 0 Å². The van der Waals surface area contributed by atoms with Gasteiger partial charge in [0.2, 0.25) is 0 Å². The van der Waals surface area contributed by atoms with Crippen LogP contribution in [-0.4, -0.2) is 25.6 Å². The second-order valence-electron chi connectivity index (χ2n) is 7.19. The molecule has 0 fully saturated rings. The van der Waals surface area contributed by atoms with Gasteiger partial charge < -0.3 is 9.88 Å². The average Bonchev–Trinajstić information content (AvgIpc) is 2.97. The monoisotopic (exact) mass is 391 g/mol.